The Hall–Kier alpha value is -2.24. The van der Waals surface area contributed by atoms with E-state index in [1.54, 1.807) is 0 Å². The maximum atomic E-state index is 8.74. The predicted octanol–water partition coefficient (Wildman–Crippen LogP) is 3.53. The number of aliphatic hydroxyl groups is 1. The number of ether oxygens (including phenoxy) is 1. The van der Waals surface area contributed by atoms with Gasteiger partial charge < -0.3 is 9.84 Å². The molecule has 0 aliphatic carbocycles. The third kappa shape index (κ3) is 3.87. The predicted molar refractivity (Wildman–Crippen MR) is 85.4 cm³/mol. The van der Waals surface area contributed by atoms with E-state index >= 15 is 0 Å². The summed E-state index contributed by atoms with van der Waals surface area (Å²) in [5.41, 5.74) is 5.70. The molecule has 0 aliphatic heterocycles. The summed E-state index contributed by atoms with van der Waals surface area (Å²) in [5, 5.41) is 8.74. The molecule has 2 heteroatoms. The fraction of sp³-hybridized carbons (Fsp3) is 0.263. The molecular formula is C19H20O2. The first-order valence-electron chi connectivity index (χ1n) is 7.00. The molecule has 2 nitrogen and oxygen atoms in total. The topological polar surface area (TPSA) is 29.5 Å². The summed E-state index contributed by atoms with van der Waals surface area (Å²) in [5.74, 6) is 6.43. The molecule has 2 aromatic rings. The molecule has 0 unspecified atom stereocenters. The van der Waals surface area contributed by atoms with Crippen molar-refractivity contribution in [3.05, 3.63) is 64.2 Å². The van der Waals surface area contributed by atoms with E-state index in [1.165, 1.54) is 16.7 Å². The molecule has 21 heavy (non-hydrogen) atoms. The minimum absolute atomic E-state index is 0.121. The molecule has 0 aromatic heterocycles. The average molecular weight is 280 g/mol. The zero-order chi connectivity index (χ0) is 15.2. The number of hydrogen-bond acceptors (Lipinski definition) is 2. The van der Waals surface area contributed by atoms with Crippen molar-refractivity contribution in [3.8, 4) is 17.6 Å². The average Bonchev–Trinajstić information content (AvgIpc) is 2.46. The van der Waals surface area contributed by atoms with Gasteiger partial charge in [-0.3, -0.25) is 0 Å². The first-order chi connectivity index (χ1) is 10.1. The Kier molecular flexibility index (Phi) is 5.03. The largest absolute Gasteiger partial charge is 0.489 e. The molecule has 0 aliphatic rings. The zero-order valence-corrected chi connectivity index (χ0v) is 12.7. The number of aryl methyl sites for hydroxylation is 3. The van der Waals surface area contributed by atoms with Crippen LogP contribution < -0.4 is 4.74 Å². The van der Waals surface area contributed by atoms with E-state index in [2.05, 4.69) is 43.9 Å². The summed E-state index contributed by atoms with van der Waals surface area (Å²) in [6.07, 6.45) is 0. The van der Waals surface area contributed by atoms with Gasteiger partial charge in [-0.2, -0.15) is 0 Å². The molecule has 2 rings (SSSR count). The van der Waals surface area contributed by atoms with Crippen molar-refractivity contribution < 1.29 is 9.84 Å². The van der Waals surface area contributed by atoms with Gasteiger partial charge in [0.15, 0.2) is 0 Å². The Morgan fingerprint density at radius 2 is 1.71 bits per heavy atom. The van der Waals surface area contributed by atoms with Gasteiger partial charge in [0, 0.05) is 5.56 Å². The summed E-state index contributed by atoms with van der Waals surface area (Å²) in [7, 11) is 0. The molecule has 0 radical (unpaired) electrons. The number of rotatable bonds is 3. The van der Waals surface area contributed by atoms with Crippen LogP contribution in [0.15, 0.2) is 36.4 Å². The highest BCUT2D eigenvalue weighted by Gasteiger charge is 2.04. The molecule has 0 saturated carbocycles. The van der Waals surface area contributed by atoms with Gasteiger partial charge in [0.1, 0.15) is 19.0 Å². The number of hydrogen-bond donors (Lipinski definition) is 1. The van der Waals surface area contributed by atoms with Crippen LogP contribution in [0.5, 0.6) is 5.75 Å². The van der Waals surface area contributed by atoms with Crippen LogP contribution in [0.25, 0.3) is 0 Å². The highest BCUT2D eigenvalue weighted by atomic mass is 16.5. The van der Waals surface area contributed by atoms with E-state index in [4.69, 9.17) is 9.84 Å². The maximum Gasteiger partial charge on any atom is 0.120 e. The Balaban J connectivity index is 2.12. The fourth-order valence-electron chi connectivity index (χ4n) is 2.23. The number of benzene rings is 2. The van der Waals surface area contributed by atoms with E-state index in [-0.39, 0.29) is 6.61 Å². The Morgan fingerprint density at radius 1 is 1.00 bits per heavy atom. The summed E-state index contributed by atoms with van der Waals surface area (Å²) in [6, 6.07) is 12.1. The van der Waals surface area contributed by atoms with E-state index < -0.39 is 0 Å². The summed E-state index contributed by atoms with van der Waals surface area (Å²) < 4.78 is 5.90. The minimum atomic E-state index is -0.121. The molecule has 0 heterocycles. The highest BCUT2D eigenvalue weighted by molar-refractivity contribution is 5.45. The Bertz CT molecular complexity index is 670. The second-order valence-electron chi connectivity index (χ2n) is 5.10. The fourth-order valence-corrected chi connectivity index (χ4v) is 2.23. The van der Waals surface area contributed by atoms with Gasteiger partial charge in [-0.1, -0.05) is 30.0 Å². The van der Waals surface area contributed by atoms with Gasteiger partial charge in [-0.05, 0) is 61.2 Å². The lowest BCUT2D eigenvalue weighted by atomic mass is 10.0. The van der Waals surface area contributed by atoms with Gasteiger partial charge in [-0.25, -0.2) is 0 Å². The molecule has 0 bridgehead atoms. The van der Waals surface area contributed by atoms with Crippen LogP contribution in [-0.4, -0.2) is 11.7 Å². The minimum Gasteiger partial charge on any atom is -0.489 e. The summed E-state index contributed by atoms with van der Waals surface area (Å²) in [4.78, 5) is 0. The second kappa shape index (κ2) is 6.97. The molecule has 0 atom stereocenters. The molecule has 1 N–H and O–H groups in total. The van der Waals surface area contributed by atoms with Crippen molar-refractivity contribution >= 4 is 0 Å². The van der Waals surface area contributed by atoms with Crippen LogP contribution in [0.4, 0.5) is 0 Å². The van der Waals surface area contributed by atoms with Crippen LogP contribution in [0.2, 0.25) is 0 Å². The monoisotopic (exact) mass is 280 g/mol. The van der Waals surface area contributed by atoms with Gasteiger partial charge in [0.2, 0.25) is 0 Å². The Labute approximate surface area is 126 Å². The van der Waals surface area contributed by atoms with Crippen LogP contribution in [0.3, 0.4) is 0 Å². The molecule has 0 saturated heterocycles. The summed E-state index contributed by atoms with van der Waals surface area (Å²) in [6.45, 7) is 6.65. The lowest BCUT2D eigenvalue weighted by Gasteiger charge is -2.12. The summed E-state index contributed by atoms with van der Waals surface area (Å²) >= 11 is 0. The quantitative estimate of drug-likeness (QED) is 0.871. The van der Waals surface area contributed by atoms with Crippen LogP contribution >= 0.6 is 0 Å². The normalized spacial score (nSPS) is 9.90. The van der Waals surface area contributed by atoms with Crippen LogP contribution in [0.1, 0.15) is 27.8 Å². The molecular weight excluding hydrogens is 260 g/mol. The van der Waals surface area contributed by atoms with Crippen molar-refractivity contribution in [2.24, 2.45) is 0 Å². The van der Waals surface area contributed by atoms with Gasteiger partial charge in [0.25, 0.3) is 0 Å². The molecule has 0 spiro atoms. The molecule has 0 fully saturated rings. The van der Waals surface area contributed by atoms with E-state index in [0.29, 0.717) is 6.61 Å². The zero-order valence-electron chi connectivity index (χ0n) is 12.7. The van der Waals surface area contributed by atoms with Crippen molar-refractivity contribution in [2.75, 3.05) is 6.61 Å². The first kappa shape index (κ1) is 15.2. The molecule has 108 valence electrons. The highest BCUT2D eigenvalue weighted by Crippen LogP contribution is 2.20. The second-order valence-corrected chi connectivity index (χ2v) is 5.10. The van der Waals surface area contributed by atoms with E-state index in [1.807, 2.05) is 25.1 Å². The lowest BCUT2D eigenvalue weighted by molar-refractivity contribution is 0.304. The van der Waals surface area contributed by atoms with Crippen molar-refractivity contribution in [3.63, 3.8) is 0 Å². The maximum absolute atomic E-state index is 8.74. The van der Waals surface area contributed by atoms with Gasteiger partial charge in [-0.15, -0.1) is 0 Å². The van der Waals surface area contributed by atoms with Gasteiger partial charge >= 0.3 is 0 Å². The third-order valence-corrected chi connectivity index (χ3v) is 3.53. The SMILES string of the molecule is Cc1cc(OCc2c(C)cccc2C)ccc1C#CCO. The van der Waals surface area contributed by atoms with Crippen molar-refractivity contribution in [1.82, 2.24) is 0 Å². The molecule has 2 aromatic carbocycles. The van der Waals surface area contributed by atoms with Crippen LogP contribution in [-0.2, 0) is 6.61 Å². The number of aliphatic hydroxyl groups excluding tert-OH is 1. The van der Waals surface area contributed by atoms with Crippen molar-refractivity contribution in [2.45, 2.75) is 27.4 Å². The first-order valence-corrected chi connectivity index (χ1v) is 7.00. The smallest absolute Gasteiger partial charge is 0.120 e. The van der Waals surface area contributed by atoms with Crippen LogP contribution in [0, 0.1) is 32.6 Å². The third-order valence-electron chi connectivity index (χ3n) is 3.53. The van der Waals surface area contributed by atoms with Crippen molar-refractivity contribution in [1.29, 1.82) is 0 Å². The van der Waals surface area contributed by atoms with E-state index in [9.17, 15) is 0 Å². The lowest BCUT2D eigenvalue weighted by Crippen LogP contribution is -2.01. The standard InChI is InChI=1S/C19H20O2/c1-14-6-4-7-15(2)19(14)13-21-18-10-9-17(8-5-11-20)16(3)12-18/h4,6-7,9-10,12,20H,11,13H2,1-3H3. The molecule has 0 amide bonds. The Morgan fingerprint density at radius 3 is 2.33 bits per heavy atom. The van der Waals surface area contributed by atoms with Gasteiger partial charge in [0.05, 0.1) is 0 Å². The van der Waals surface area contributed by atoms with E-state index in [0.717, 1.165) is 16.9 Å².